The highest BCUT2D eigenvalue weighted by Crippen LogP contribution is 2.20. The number of amides is 2. The van der Waals surface area contributed by atoms with Gasteiger partial charge >= 0.3 is 0 Å². The molecular formula is C21H23BrN2O4. The van der Waals surface area contributed by atoms with Gasteiger partial charge in [-0.25, -0.2) is 0 Å². The maximum atomic E-state index is 12.3. The average Bonchev–Trinajstić information content (AvgIpc) is 3.20. The quantitative estimate of drug-likeness (QED) is 0.679. The van der Waals surface area contributed by atoms with Gasteiger partial charge in [-0.3, -0.25) is 9.59 Å². The molecule has 2 amide bonds. The Bertz CT molecular complexity index is 850. The van der Waals surface area contributed by atoms with Gasteiger partial charge in [0, 0.05) is 22.3 Å². The molecule has 1 aliphatic heterocycles. The Hall–Kier alpha value is -2.38. The molecule has 0 bridgehead atoms. The zero-order valence-corrected chi connectivity index (χ0v) is 17.3. The average molecular weight is 447 g/mol. The van der Waals surface area contributed by atoms with E-state index in [2.05, 4.69) is 26.6 Å². The summed E-state index contributed by atoms with van der Waals surface area (Å²) in [7, 11) is 0. The maximum Gasteiger partial charge on any atom is 0.251 e. The first-order chi connectivity index (χ1) is 13.5. The number of ether oxygens (including phenoxy) is 2. The first-order valence-corrected chi connectivity index (χ1v) is 9.99. The minimum Gasteiger partial charge on any atom is -0.491 e. The molecule has 1 atom stereocenters. The summed E-state index contributed by atoms with van der Waals surface area (Å²) in [6.45, 7) is 3.04. The van der Waals surface area contributed by atoms with Gasteiger partial charge in [-0.1, -0.05) is 22.0 Å². The molecule has 148 valence electrons. The van der Waals surface area contributed by atoms with Crippen molar-refractivity contribution in [3.05, 3.63) is 58.1 Å². The standard InChI is InChI=1S/C21H23BrN2O4/c1-14-10-16(22)7-8-19(14)24-20(25)12-23-21(26)15-4-2-5-17(11-15)28-13-18-6-3-9-27-18/h2,4-5,7-8,10-11,18H,3,6,9,12-13H2,1H3,(H,23,26)(H,24,25). The molecule has 0 aliphatic carbocycles. The van der Waals surface area contributed by atoms with Gasteiger partial charge in [-0.15, -0.1) is 0 Å². The van der Waals surface area contributed by atoms with Crippen molar-refractivity contribution in [3.63, 3.8) is 0 Å². The van der Waals surface area contributed by atoms with E-state index >= 15 is 0 Å². The van der Waals surface area contributed by atoms with E-state index in [-0.39, 0.29) is 24.5 Å². The molecule has 3 rings (SSSR count). The summed E-state index contributed by atoms with van der Waals surface area (Å²) in [5.41, 5.74) is 2.09. The minimum absolute atomic E-state index is 0.114. The van der Waals surface area contributed by atoms with Gasteiger partial charge < -0.3 is 20.1 Å². The molecular weight excluding hydrogens is 424 g/mol. The lowest BCUT2D eigenvalue weighted by molar-refractivity contribution is -0.115. The molecule has 0 radical (unpaired) electrons. The van der Waals surface area contributed by atoms with Crippen LogP contribution in [-0.4, -0.2) is 37.7 Å². The summed E-state index contributed by atoms with van der Waals surface area (Å²) in [5, 5.41) is 5.43. The number of halogens is 1. The van der Waals surface area contributed by atoms with E-state index in [4.69, 9.17) is 9.47 Å². The molecule has 1 aliphatic rings. The molecule has 1 fully saturated rings. The van der Waals surface area contributed by atoms with Crippen molar-refractivity contribution in [1.82, 2.24) is 5.32 Å². The Morgan fingerprint density at radius 3 is 2.86 bits per heavy atom. The number of nitrogens with one attached hydrogen (secondary N) is 2. The number of benzene rings is 2. The Labute approximate surface area is 172 Å². The predicted octanol–water partition coefficient (Wildman–Crippen LogP) is 3.68. The normalized spacial score (nSPS) is 15.9. The number of aryl methyl sites for hydroxylation is 1. The highest BCUT2D eigenvalue weighted by atomic mass is 79.9. The van der Waals surface area contributed by atoms with Crippen LogP contribution in [-0.2, 0) is 9.53 Å². The smallest absolute Gasteiger partial charge is 0.251 e. The van der Waals surface area contributed by atoms with Gasteiger partial charge in [0.1, 0.15) is 12.4 Å². The lowest BCUT2D eigenvalue weighted by atomic mass is 10.2. The number of anilines is 1. The molecule has 28 heavy (non-hydrogen) atoms. The van der Waals surface area contributed by atoms with Crippen molar-refractivity contribution in [3.8, 4) is 5.75 Å². The van der Waals surface area contributed by atoms with E-state index in [9.17, 15) is 9.59 Å². The highest BCUT2D eigenvalue weighted by molar-refractivity contribution is 9.10. The number of hydrogen-bond acceptors (Lipinski definition) is 4. The van der Waals surface area contributed by atoms with Gasteiger partial charge in [0.2, 0.25) is 5.91 Å². The zero-order valence-electron chi connectivity index (χ0n) is 15.7. The molecule has 0 saturated carbocycles. The van der Waals surface area contributed by atoms with Crippen LogP contribution in [0.15, 0.2) is 46.9 Å². The van der Waals surface area contributed by atoms with Gasteiger partial charge in [0.05, 0.1) is 12.6 Å². The summed E-state index contributed by atoms with van der Waals surface area (Å²) < 4.78 is 12.2. The van der Waals surface area contributed by atoms with Gasteiger partial charge in [0.15, 0.2) is 0 Å². The number of carbonyl (C=O) groups excluding carboxylic acids is 2. The van der Waals surface area contributed by atoms with E-state index in [0.717, 1.165) is 29.5 Å². The van der Waals surface area contributed by atoms with Crippen LogP contribution in [0.5, 0.6) is 5.75 Å². The summed E-state index contributed by atoms with van der Waals surface area (Å²) in [6, 6.07) is 12.5. The second kappa shape index (κ2) is 9.71. The fraction of sp³-hybridized carbons (Fsp3) is 0.333. The number of rotatable bonds is 7. The summed E-state index contributed by atoms with van der Waals surface area (Å²) in [5.74, 6) is -0.00658. The largest absolute Gasteiger partial charge is 0.491 e. The molecule has 2 aromatic rings. The Morgan fingerprint density at radius 2 is 2.11 bits per heavy atom. The molecule has 1 saturated heterocycles. The van der Waals surface area contributed by atoms with Gasteiger partial charge in [-0.05, 0) is 61.7 Å². The van der Waals surface area contributed by atoms with E-state index < -0.39 is 0 Å². The first kappa shape index (κ1) is 20.4. The lowest BCUT2D eigenvalue weighted by Crippen LogP contribution is -2.33. The zero-order chi connectivity index (χ0) is 19.9. The summed E-state index contributed by atoms with van der Waals surface area (Å²) >= 11 is 3.39. The second-order valence-electron chi connectivity index (χ2n) is 6.66. The molecule has 2 N–H and O–H groups in total. The van der Waals surface area contributed by atoms with Crippen LogP contribution in [0.1, 0.15) is 28.8 Å². The second-order valence-corrected chi connectivity index (χ2v) is 7.58. The minimum atomic E-state index is -0.328. The van der Waals surface area contributed by atoms with Crippen molar-refractivity contribution >= 4 is 33.4 Å². The maximum absolute atomic E-state index is 12.3. The fourth-order valence-corrected chi connectivity index (χ4v) is 3.39. The summed E-state index contributed by atoms with van der Waals surface area (Å²) in [4.78, 5) is 24.5. The third-order valence-corrected chi connectivity index (χ3v) is 4.92. The van der Waals surface area contributed by atoms with Crippen LogP contribution in [0, 0.1) is 6.92 Å². The lowest BCUT2D eigenvalue weighted by Gasteiger charge is -2.12. The van der Waals surface area contributed by atoms with Crippen LogP contribution in [0.4, 0.5) is 5.69 Å². The SMILES string of the molecule is Cc1cc(Br)ccc1NC(=O)CNC(=O)c1cccc(OCC2CCCO2)c1. The van der Waals surface area contributed by atoms with E-state index in [1.54, 1.807) is 24.3 Å². The fourth-order valence-electron chi connectivity index (χ4n) is 2.92. The van der Waals surface area contributed by atoms with Crippen molar-refractivity contribution in [1.29, 1.82) is 0 Å². The van der Waals surface area contributed by atoms with E-state index in [0.29, 0.717) is 23.6 Å². The van der Waals surface area contributed by atoms with Crippen molar-refractivity contribution in [2.75, 3.05) is 25.1 Å². The highest BCUT2D eigenvalue weighted by Gasteiger charge is 2.16. The molecule has 1 unspecified atom stereocenters. The molecule has 0 spiro atoms. The Morgan fingerprint density at radius 1 is 1.25 bits per heavy atom. The Kier molecular flexibility index (Phi) is 7.06. The van der Waals surface area contributed by atoms with E-state index in [1.807, 2.05) is 25.1 Å². The molecule has 1 heterocycles. The van der Waals surface area contributed by atoms with Crippen LogP contribution < -0.4 is 15.4 Å². The van der Waals surface area contributed by atoms with Crippen LogP contribution in [0.25, 0.3) is 0 Å². The van der Waals surface area contributed by atoms with Crippen LogP contribution in [0.2, 0.25) is 0 Å². The third-order valence-electron chi connectivity index (χ3n) is 4.43. The molecule has 6 nitrogen and oxygen atoms in total. The summed E-state index contributed by atoms with van der Waals surface area (Å²) in [6.07, 6.45) is 2.16. The number of carbonyl (C=O) groups is 2. The number of hydrogen-bond donors (Lipinski definition) is 2. The van der Waals surface area contributed by atoms with Crippen molar-refractivity contribution in [2.45, 2.75) is 25.9 Å². The Balaban J connectivity index is 1.49. The van der Waals surface area contributed by atoms with Gasteiger partial charge in [0.25, 0.3) is 5.91 Å². The van der Waals surface area contributed by atoms with Gasteiger partial charge in [-0.2, -0.15) is 0 Å². The topological polar surface area (TPSA) is 76.7 Å². The van der Waals surface area contributed by atoms with E-state index in [1.165, 1.54) is 0 Å². The third kappa shape index (κ3) is 5.81. The molecule has 7 heteroatoms. The predicted molar refractivity (Wildman–Crippen MR) is 111 cm³/mol. The molecule has 0 aromatic heterocycles. The van der Waals surface area contributed by atoms with Crippen LogP contribution >= 0.6 is 15.9 Å². The monoisotopic (exact) mass is 446 g/mol. The molecule has 2 aromatic carbocycles. The first-order valence-electron chi connectivity index (χ1n) is 9.20. The van der Waals surface area contributed by atoms with Crippen LogP contribution in [0.3, 0.4) is 0 Å². The van der Waals surface area contributed by atoms with Crippen molar-refractivity contribution < 1.29 is 19.1 Å². The van der Waals surface area contributed by atoms with Crippen molar-refractivity contribution in [2.24, 2.45) is 0 Å².